The number of fused-ring (bicyclic) bond motifs is 1. The summed E-state index contributed by atoms with van der Waals surface area (Å²) in [5, 5.41) is 23.9. The maximum absolute atomic E-state index is 14.2. The van der Waals surface area contributed by atoms with Crippen LogP contribution < -0.4 is 20.1 Å². The van der Waals surface area contributed by atoms with E-state index in [0.717, 1.165) is 10.7 Å². The van der Waals surface area contributed by atoms with Crippen LogP contribution in [0.25, 0.3) is 16.9 Å². The van der Waals surface area contributed by atoms with Gasteiger partial charge in [-0.25, -0.2) is 4.39 Å². The van der Waals surface area contributed by atoms with E-state index in [9.17, 15) is 32.6 Å². The van der Waals surface area contributed by atoms with Gasteiger partial charge < -0.3 is 24.7 Å². The Labute approximate surface area is 215 Å². The lowest BCUT2D eigenvalue weighted by Gasteiger charge is -2.23. The summed E-state index contributed by atoms with van der Waals surface area (Å²) in [4.78, 5) is 17.1. The van der Waals surface area contributed by atoms with Crippen LogP contribution in [0.4, 0.5) is 28.9 Å². The van der Waals surface area contributed by atoms with Crippen molar-refractivity contribution in [1.82, 2.24) is 9.78 Å². The van der Waals surface area contributed by atoms with E-state index in [1.54, 1.807) is 9.80 Å². The van der Waals surface area contributed by atoms with Gasteiger partial charge in [-0.05, 0) is 49.2 Å². The van der Waals surface area contributed by atoms with Gasteiger partial charge in [0.1, 0.15) is 5.69 Å². The van der Waals surface area contributed by atoms with Crippen molar-refractivity contribution < 1.29 is 32.5 Å². The number of nitrogens with zero attached hydrogens (tertiary/aromatic N) is 4. The molecule has 0 saturated carbocycles. The number of hydrogen-bond donors (Lipinski definition) is 2. The lowest BCUT2D eigenvalue weighted by atomic mass is 10.0. The van der Waals surface area contributed by atoms with Gasteiger partial charge in [0.15, 0.2) is 11.6 Å². The summed E-state index contributed by atoms with van der Waals surface area (Å²) in [7, 11) is 1.29. The van der Waals surface area contributed by atoms with Crippen LogP contribution in [0.5, 0.6) is 5.75 Å². The van der Waals surface area contributed by atoms with Crippen molar-refractivity contribution in [3.63, 3.8) is 0 Å². The van der Waals surface area contributed by atoms with Crippen molar-refractivity contribution in [2.24, 2.45) is 0 Å². The molecule has 3 heterocycles. The number of halogens is 4. The third-order valence-corrected chi connectivity index (χ3v) is 6.95. The minimum atomic E-state index is -4.79. The predicted octanol–water partition coefficient (Wildman–Crippen LogP) is 2.99. The molecule has 1 fully saturated rings. The van der Waals surface area contributed by atoms with Gasteiger partial charge in [0, 0.05) is 43.0 Å². The first-order chi connectivity index (χ1) is 18.1. The van der Waals surface area contributed by atoms with Crippen LogP contribution in [-0.4, -0.2) is 66.0 Å². The van der Waals surface area contributed by atoms with E-state index in [1.807, 2.05) is 0 Å². The zero-order valence-corrected chi connectivity index (χ0v) is 20.5. The third kappa shape index (κ3) is 4.58. The Morgan fingerprint density at radius 1 is 1.16 bits per heavy atom. The Balaban J connectivity index is 1.78. The number of alkyl halides is 3. The molecule has 0 radical (unpaired) electrons. The van der Waals surface area contributed by atoms with Crippen molar-refractivity contribution in [3.8, 4) is 22.7 Å². The van der Waals surface area contributed by atoms with Crippen LogP contribution >= 0.6 is 0 Å². The number of aliphatic hydroxyl groups excluding tert-OH is 2. The molecule has 1 unspecified atom stereocenters. The fourth-order valence-electron chi connectivity index (χ4n) is 5.12. The molecule has 1 atom stereocenters. The fourth-order valence-corrected chi connectivity index (χ4v) is 5.12. The quantitative estimate of drug-likeness (QED) is 0.470. The Bertz CT molecular complexity index is 1430. The lowest BCUT2D eigenvalue weighted by Crippen LogP contribution is -2.33. The molecule has 0 amide bonds. The first-order valence-electron chi connectivity index (χ1n) is 12.1. The van der Waals surface area contributed by atoms with Crippen molar-refractivity contribution in [2.45, 2.75) is 25.1 Å². The maximum Gasteiger partial charge on any atom is 0.418 e. The SMILES string of the molecule is COc1cc(-c2nn(-c3cc(N4CCC(O)C4)ccc3C(F)(F)F)c(=O)c3c2CCN3CCO)ccc1F. The molecule has 2 aliphatic heterocycles. The molecule has 3 aromatic rings. The van der Waals surface area contributed by atoms with Gasteiger partial charge in [0.2, 0.25) is 0 Å². The highest BCUT2D eigenvalue weighted by atomic mass is 19.4. The second-order valence-electron chi connectivity index (χ2n) is 9.29. The van der Waals surface area contributed by atoms with Crippen molar-refractivity contribution in [1.29, 1.82) is 0 Å². The summed E-state index contributed by atoms with van der Waals surface area (Å²) in [5.74, 6) is -0.699. The summed E-state index contributed by atoms with van der Waals surface area (Å²) in [5.41, 5.74) is -0.632. The van der Waals surface area contributed by atoms with Gasteiger partial charge in [-0.2, -0.15) is 23.0 Å². The van der Waals surface area contributed by atoms with E-state index in [1.165, 1.54) is 37.4 Å². The number of aliphatic hydroxyl groups is 2. The number of anilines is 2. The second kappa shape index (κ2) is 9.91. The summed E-state index contributed by atoms with van der Waals surface area (Å²) < 4.78 is 62.5. The summed E-state index contributed by atoms with van der Waals surface area (Å²) in [6, 6.07) is 7.45. The molecule has 12 heteroatoms. The van der Waals surface area contributed by atoms with Crippen LogP contribution in [-0.2, 0) is 12.6 Å². The molecule has 2 aliphatic rings. The van der Waals surface area contributed by atoms with Crippen molar-refractivity contribution >= 4 is 11.4 Å². The number of rotatable bonds is 6. The van der Waals surface area contributed by atoms with E-state index in [-0.39, 0.29) is 36.8 Å². The highest BCUT2D eigenvalue weighted by Gasteiger charge is 2.37. The van der Waals surface area contributed by atoms with E-state index in [2.05, 4.69) is 5.10 Å². The Kier molecular flexibility index (Phi) is 6.78. The molecule has 2 aromatic carbocycles. The summed E-state index contributed by atoms with van der Waals surface area (Å²) in [6.07, 6.45) is -4.55. The molecule has 1 aromatic heterocycles. The Morgan fingerprint density at radius 3 is 2.61 bits per heavy atom. The molecule has 0 bridgehead atoms. The molecule has 1 saturated heterocycles. The van der Waals surface area contributed by atoms with E-state index in [4.69, 9.17) is 4.74 Å². The average Bonchev–Trinajstić information content (AvgIpc) is 3.51. The molecule has 5 rings (SSSR count). The van der Waals surface area contributed by atoms with Crippen LogP contribution in [0.3, 0.4) is 0 Å². The number of hydrogen-bond acceptors (Lipinski definition) is 7. The number of aromatic nitrogens is 2. The van der Waals surface area contributed by atoms with Crippen LogP contribution in [0.2, 0.25) is 0 Å². The first kappa shape index (κ1) is 26.0. The van der Waals surface area contributed by atoms with Gasteiger partial charge in [0.25, 0.3) is 5.56 Å². The van der Waals surface area contributed by atoms with Crippen LogP contribution in [0.15, 0.2) is 41.2 Å². The molecule has 202 valence electrons. The van der Waals surface area contributed by atoms with Gasteiger partial charge in [-0.1, -0.05) is 0 Å². The first-order valence-corrected chi connectivity index (χ1v) is 12.1. The number of methoxy groups -OCH3 is 1. The molecule has 0 spiro atoms. The molecule has 38 heavy (non-hydrogen) atoms. The number of β-amino-alcohol motifs (C(OH)–C–C–N with tert-alkyl or cyclic N) is 2. The van der Waals surface area contributed by atoms with E-state index in [0.29, 0.717) is 42.7 Å². The maximum atomic E-state index is 14.2. The monoisotopic (exact) mass is 534 g/mol. The minimum absolute atomic E-state index is 0.0772. The van der Waals surface area contributed by atoms with Crippen molar-refractivity contribution in [2.75, 3.05) is 49.7 Å². The zero-order valence-electron chi connectivity index (χ0n) is 20.5. The van der Waals surface area contributed by atoms with Gasteiger partial charge >= 0.3 is 6.18 Å². The fraction of sp³-hybridized carbons (Fsp3) is 0.385. The van der Waals surface area contributed by atoms with Crippen molar-refractivity contribution in [3.05, 3.63) is 63.7 Å². The Morgan fingerprint density at radius 2 is 1.95 bits per heavy atom. The normalized spacial score (nSPS) is 17.3. The molecule has 0 aliphatic carbocycles. The minimum Gasteiger partial charge on any atom is -0.494 e. The van der Waals surface area contributed by atoms with Gasteiger partial charge in [-0.3, -0.25) is 4.79 Å². The van der Waals surface area contributed by atoms with E-state index < -0.39 is 34.9 Å². The topological polar surface area (TPSA) is 91.1 Å². The highest BCUT2D eigenvalue weighted by molar-refractivity contribution is 5.74. The predicted molar refractivity (Wildman–Crippen MR) is 133 cm³/mol. The summed E-state index contributed by atoms with van der Waals surface area (Å²) >= 11 is 0. The largest absolute Gasteiger partial charge is 0.494 e. The molecular formula is C26H26F4N4O4. The zero-order chi connectivity index (χ0) is 27.2. The molecule has 8 nitrogen and oxygen atoms in total. The molecule has 2 N–H and O–H groups in total. The molecular weight excluding hydrogens is 508 g/mol. The Hall–Kier alpha value is -3.64. The van der Waals surface area contributed by atoms with Crippen LogP contribution in [0.1, 0.15) is 17.5 Å². The van der Waals surface area contributed by atoms with Gasteiger partial charge in [0.05, 0.1) is 36.8 Å². The van der Waals surface area contributed by atoms with Gasteiger partial charge in [-0.15, -0.1) is 0 Å². The number of ether oxygens (including phenoxy) is 1. The lowest BCUT2D eigenvalue weighted by molar-refractivity contribution is -0.137. The van der Waals surface area contributed by atoms with E-state index >= 15 is 0 Å². The standard InChI is InChI=1S/C26H26F4N4O4/c1-38-22-12-15(2-5-20(22)27)23-18-7-9-32(10-11-35)24(18)25(37)34(31-23)21-13-16(33-8-6-17(36)14-33)3-4-19(21)26(28,29)30/h2-5,12-13,17,35-36H,6-11,14H2,1H3. The smallest absolute Gasteiger partial charge is 0.418 e. The summed E-state index contributed by atoms with van der Waals surface area (Å²) in [6.45, 7) is 0.906. The number of benzene rings is 2. The second-order valence-corrected chi connectivity index (χ2v) is 9.29. The average molecular weight is 535 g/mol. The third-order valence-electron chi connectivity index (χ3n) is 6.95. The van der Waals surface area contributed by atoms with Crippen LogP contribution in [0, 0.1) is 5.82 Å². The highest BCUT2D eigenvalue weighted by Crippen LogP contribution is 2.38.